The predicted octanol–water partition coefficient (Wildman–Crippen LogP) is 2.65. The molecule has 5 heteroatoms. The zero-order valence-corrected chi connectivity index (χ0v) is 13.0. The average molecular weight is 329 g/mol. The number of esters is 2. The maximum Gasteiger partial charge on any atom is 0.323 e. The molecule has 1 aromatic carbocycles. The van der Waals surface area contributed by atoms with Crippen molar-refractivity contribution in [3.63, 3.8) is 0 Å². The van der Waals surface area contributed by atoms with Crippen molar-refractivity contribution in [1.29, 1.82) is 0 Å². The molecule has 19 heavy (non-hydrogen) atoms. The number of hydrogen-bond acceptors (Lipinski definition) is 4. The first-order valence-electron chi connectivity index (χ1n) is 5.77. The number of hydrogen-bond donors (Lipinski definition) is 0. The van der Waals surface area contributed by atoms with Gasteiger partial charge in [-0.2, -0.15) is 0 Å². The van der Waals surface area contributed by atoms with Crippen LogP contribution in [0.15, 0.2) is 22.7 Å². The summed E-state index contributed by atoms with van der Waals surface area (Å²) in [6.45, 7) is 3.49. The Morgan fingerprint density at radius 2 is 1.74 bits per heavy atom. The van der Waals surface area contributed by atoms with Gasteiger partial charge in [-0.1, -0.05) is 28.1 Å². The van der Waals surface area contributed by atoms with Crippen LogP contribution >= 0.6 is 15.9 Å². The number of rotatable bonds is 4. The van der Waals surface area contributed by atoms with Gasteiger partial charge in [-0.25, -0.2) is 0 Å². The summed E-state index contributed by atoms with van der Waals surface area (Å²) in [5.74, 6) is -1.21. The van der Waals surface area contributed by atoms with Crippen molar-refractivity contribution in [2.24, 2.45) is 5.41 Å². The molecule has 1 rings (SSSR count). The van der Waals surface area contributed by atoms with Gasteiger partial charge in [-0.05, 0) is 31.0 Å². The van der Waals surface area contributed by atoms with Gasteiger partial charge in [0, 0.05) is 10.9 Å². The van der Waals surface area contributed by atoms with Crippen LogP contribution in [0.25, 0.3) is 0 Å². The molecule has 4 nitrogen and oxygen atoms in total. The molecule has 0 atom stereocenters. The van der Waals surface area contributed by atoms with Gasteiger partial charge in [0.2, 0.25) is 0 Å². The van der Waals surface area contributed by atoms with Gasteiger partial charge in [0.15, 0.2) is 5.41 Å². The summed E-state index contributed by atoms with van der Waals surface area (Å²) in [6, 6.07) is 5.74. The van der Waals surface area contributed by atoms with Crippen LogP contribution in [-0.4, -0.2) is 26.2 Å². The first-order valence-corrected chi connectivity index (χ1v) is 6.56. The molecule has 0 saturated carbocycles. The van der Waals surface area contributed by atoms with Crippen LogP contribution in [-0.2, 0) is 25.5 Å². The normalized spacial score (nSPS) is 11.0. The Labute approximate surface area is 121 Å². The molecule has 0 aliphatic rings. The second-order valence-electron chi connectivity index (χ2n) is 4.59. The Morgan fingerprint density at radius 3 is 2.16 bits per heavy atom. The van der Waals surface area contributed by atoms with Gasteiger partial charge in [-0.3, -0.25) is 9.59 Å². The second-order valence-corrected chi connectivity index (χ2v) is 5.44. The van der Waals surface area contributed by atoms with Crippen molar-refractivity contribution in [3.8, 4) is 0 Å². The Kier molecular flexibility index (Phi) is 5.11. The molecule has 0 bridgehead atoms. The van der Waals surface area contributed by atoms with E-state index in [4.69, 9.17) is 9.47 Å². The number of benzene rings is 1. The Hall–Kier alpha value is -1.36. The fourth-order valence-corrected chi connectivity index (χ4v) is 2.49. The minimum atomic E-state index is -1.35. The smallest absolute Gasteiger partial charge is 0.323 e. The third-order valence-corrected chi connectivity index (χ3v) is 3.76. The first-order chi connectivity index (χ1) is 8.85. The van der Waals surface area contributed by atoms with E-state index in [1.54, 1.807) is 0 Å². The summed E-state index contributed by atoms with van der Waals surface area (Å²) >= 11 is 3.44. The van der Waals surface area contributed by atoms with Crippen LogP contribution in [0.5, 0.6) is 0 Å². The van der Waals surface area contributed by atoms with Gasteiger partial charge < -0.3 is 9.47 Å². The standard InChI is InChI=1S/C14H17BrO4/c1-9-5-6-10(11(15)7-9)8-14(2,12(16)18-3)13(17)19-4/h5-7H,8H2,1-4H3. The minimum absolute atomic E-state index is 0.215. The van der Waals surface area contributed by atoms with E-state index >= 15 is 0 Å². The van der Waals surface area contributed by atoms with Gasteiger partial charge in [0.05, 0.1) is 14.2 Å². The molecule has 0 saturated heterocycles. The third kappa shape index (κ3) is 3.35. The van der Waals surface area contributed by atoms with E-state index in [-0.39, 0.29) is 6.42 Å². The number of methoxy groups -OCH3 is 2. The SMILES string of the molecule is COC(=O)C(C)(Cc1ccc(C)cc1Br)C(=O)OC. The molecule has 0 fully saturated rings. The highest BCUT2D eigenvalue weighted by Gasteiger charge is 2.44. The fraction of sp³-hybridized carbons (Fsp3) is 0.429. The summed E-state index contributed by atoms with van der Waals surface area (Å²) in [4.78, 5) is 23.8. The number of aryl methyl sites for hydroxylation is 1. The summed E-state index contributed by atoms with van der Waals surface area (Å²) < 4.78 is 10.3. The molecule has 0 amide bonds. The van der Waals surface area contributed by atoms with Crippen LogP contribution in [0.1, 0.15) is 18.1 Å². The summed E-state index contributed by atoms with van der Waals surface area (Å²) in [6.07, 6.45) is 0.215. The molecule has 104 valence electrons. The highest BCUT2D eigenvalue weighted by molar-refractivity contribution is 9.10. The van der Waals surface area contributed by atoms with Crippen molar-refractivity contribution in [1.82, 2.24) is 0 Å². The Balaban J connectivity index is 3.14. The van der Waals surface area contributed by atoms with Crippen molar-refractivity contribution in [3.05, 3.63) is 33.8 Å². The maximum absolute atomic E-state index is 11.9. The Bertz CT molecular complexity index is 480. The summed E-state index contributed by atoms with van der Waals surface area (Å²) in [5, 5.41) is 0. The van der Waals surface area contributed by atoms with Gasteiger partial charge in [-0.15, -0.1) is 0 Å². The number of halogens is 1. The molecule has 0 aliphatic heterocycles. The van der Waals surface area contributed by atoms with E-state index in [9.17, 15) is 9.59 Å². The monoisotopic (exact) mass is 328 g/mol. The lowest BCUT2D eigenvalue weighted by Crippen LogP contribution is -2.40. The van der Waals surface area contributed by atoms with Crippen LogP contribution in [0.2, 0.25) is 0 Å². The number of carbonyl (C=O) groups is 2. The van der Waals surface area contributed by atoms with Crippen LogP contribution in [0.3, 0.4) is 0 Å². The van der Waals surface area contributed by atoms with E-state index in [1.165, 1.54) is 21.1 Å². The molecule has 0 N–H and O–H groups in total. The van der Waals surface area contributed by atoms with Gasteiger partial charge in [0.1, 0.15) is 0 Å². The lowest BCUT2D eigenvalue weighted by atomic mass is 9.83. The summed E-state index contributed by atoms with van der Waals surface area (Å²) in [7, 11) is 2.52. The van der Waals surface area contributed by atoms with Crippen LogP contribution in [0, 0.1) is 12.3 Å². The highest BCUT2D eigenvalue weighted by Crippen LogP contribution is 2.30. The number of ether oxygens (including phenoxy) is 2. The number of carbonyl (C=O) groups excluding carboxylic acids is 2. The largest absolute Gasteiger partial charge is 0.468 e. The molecule has 0 aliphatic carbocycles. The van der Waals surface area contributed by atoms with E-state index < -0.39 is 17.4 Å². The van der Waals surface area contributed by atoms with Crippen molar-refractivity contribution in [2.45, 2.75) is 20.3 Å². The Morgan fingerprint density at radius 1 is 1.21 bits per heavy atom. The summed E-state index contributed by atoms with van der Waals surface area (Å²) in [5.41, 5.74) is 0.596. The quantitative estimate of drug-likeness (QED) is 0.629. The molecule has 0 radical (unpaired) electrons. The van der Waals surface area contributed by atoms with Crippen molar-refractivity contribution in [2.75, 3.05) is 14.2 Å². The zero-order chi connectivity index (χ0) is 14.6. The second kappa shape index (κ2) is 6.19. The van der Waals surface area contributed by atoms with Crippen molar-refractivity contribution >= 4 is 27.9 Å². The van der Waals surface area contributed by atoms with Gasteiger partial charge in [0.25, 0.3) is 0 Å². The lowest BCUT2D eigenvalue weighted by Gasteiger charge is -2.24. The van der Waals surface area contributed by atoms with E-state index in [0.717, 1.165) is 15.6 Å². The third-order valence-electron chi connectivity index (χ3n) is 3.02. The van der Waals surface area contributed by atoms with Crippen LogP contribution < -0.4 is 0 Å². The van der Waals surface area contributed by atoms with E-state index in [0.29, 0.717) is 0 Å². The molecule has 1 aromatic rings. The molecule has 0 spiro atoms. The average Bonchev–Trinajstić information content (AvgIpc) is 2.39. The molecular weight excluding hydrogens is 312 g/mol. The lowest BCUT2D eigenvalue weighted by molar-refractivity contribution is -0.167. The van der Waals surface area contributed by atoms with Gasteiger partial charge >= 0.3 is 11.9 Å². The topological polar surface area (TPSA) is 52.6 Å². The zero-order valence-electron chi connectivity index (χ0n) is 11.5. The van der Waals surface area contributed by atoms with Crippen molar-refractivity contribution < 1.29 is 19.1 Å². The maximum atomic E-state index is 11.9. The molecule has 0 unspecified atom stereocenters. The van der Waals surface area contributed by atoms with Crippen LogP contribution in [0.4, 0.5) is 0 Å². The first kappa shape index (κ1) is 15.7. The minimum Gasteiger partial charge on any atom is -0.468 e. The predicted molar refractivity (Wildman–Crippen MR) is 74.7 cm³/mol. The molecule has 0 aromatic heterocycles. The molecule has 0 heterocycles. The highest BCUT2D eigenvalue weighted by atomic mass is 79.9. The fourth-order valence-electron chi connectivity index (χ4n) is 1.85. The van der Waals surface area contributed by atoms with E-state index in [1.807, 2.05) is 25.1 Å². The van der Waals surface area contributed by atoms with E-state index in [2.05, 4.69) is 15.9 Å². The molecular formula is C14H17BrO4.